The quantitative estimate of drug-likeness (QED) is 0.774. The van der Waals surface area contributed by atoms with E-state index in [9.17, 15) is 14.4 Å². The Hall–Kier alpha value is -2.61. The molecule has 0 fully saturated rings. The van der Waals surface area contributed by atoms with Crippen molar-refractivity contribution in [2.24, 2.45) is 0 Å². The summed E-state index contributed by atoms with van der Waals surface area (Å²) in [6.07, 6.45) is 0. The molecule has 0 aromatic carbocycles. The Morgan fingerprint density at radius 1 is 1.21 bits per heavy atom. The molecule has 0 spiro atoms. The van der Waals surface area contributed by atoms with E-state index < -0.39 is 5.97 Å². The molecule has 24 heavy (non-hydrogen) atoms. The van der Waals surface area contributed by atoms with Gasteiger partial charge in [-0.25, -0.2) is 4.79 Å². The van der Waals surface area contributed by atoms with Gasteiger partial charge in [-0.2, -0.15) is 0 Å². The lowest BCUT2D eigenvalue weighted by Crippen LogP contribution is -2.36. The maximum Gasteiger partial charge on any atom is 0.341 e. The summed E-state index contributed by atoms with van der Waals surface area (Å²) in [4.78, 5) is 36.7. The van der Waals surface area contributed by atoms with Crippen LogP contribution in [-0.2, 0) is 16.1 Å². The molecule has 0 atom stereocenters. The van der Waals surface area contributed by atoms with Crippen LogP contribution in [0.15, 0.2) is 22.6 Å². The summed E-state index contributed by atoms with van der Waals surface area (Å²) in [6, 6.07) is 5.08. The summed E-state index contributed by atoms with van der Waals surface area (Å²) in [5.41, 5.74) is 0.322. The number of esters is 1. The smallest absolute Gasteiger partial charge is 0.341 e. The van der Waals surface area contributed by atoms with Crippen LogP contribution in [0.5, 0.6) is 0 Å². The fraction of sp³-hybridized carbons (Fsp3) is 0.312. The van der Waals surface area contributed by atoms with Crippen molar-refractivity contribution in [2.45, 2.75) is 20.4 Å². The lowest BCUT2D eigenvalue weighted by molar-refractivity contribution is -0.120. The largest absolute Gasteiger partial charge is 0.465 e. The second-order valence-electron chi connectivity index (χ2n) is 5.04. The third kappa shape index (κ3) is 4.45. The van der Waals surface area contributed by atoms with E-state index >= 15 is 0 Å². The van der Waals surface area contributed by atoms with Crippen molar-refractivity contribution < 1.29 is 23.5 Å². The van der Waals surface area contributed by atoms with E-state index in [4.69, 9.17) is 4.42 Å². The number of ether oxygens (including phenoxy) is 1. The van der Waals surface area contributed by atoms with Gasteiger partial charge in [0.1, 0.15) is 17.1 Å². The molecule has 2 heterocycles. The highest BCUT2D eigenvalue weighted by Gasteiger charge is 2.16. The summed E-state index contributed by atoms with van der Waals surface area (Å²) in [6.45, 7) is 3.52. The number of aryl methyl sites for hydroxylation is 2. The van der Waals surface area contributed by atoms with Crippen LogP contribution in [0.25, 0.3) is 0 Å². The Labute approximate surface area is 143 Å². The molecular weight excluding hydrogens is 332 g/mol. The minimum Gasteiger partial charge on any atom is -0.465 e. The zero-order valence-electron chi connectivity index (χ0n) is 13.6. The van der Waals surface area contributed by atoms with E-state index in [-0.39, 0.29) is 24.9 Å². The van der Waals surface area contributed by atoms with Gasteiger partial charge >= 0.3 is 5.97 Å². The highest BCUT2D eigenvalue weighted by molar-refractivity contribution is 7.13. The summed E-state index contributed by atoms with van der Waals surface area (Å²) >= 11 is 1.36. The number of thiophene rings is 1. The van der Waals surface area contributed by atoms with Crippen molar-refractivity contribution >= 4 is 29.1 Å². The number of methoxy groups -OCH3 is 1. The van der Waals surface area contributed by atoms with Gasteiger partial charge in [0.05, 0.1) is 25.1 Å². The average molecular weight is 350 g/mol. The van der Waals surface area contributed by atoms with E-state index in [0.717, 1.165) is 4.88 Å². The maximum atomic E-state index is 11.8. The average Bonchev–Trinajstić information content (AvgIpc) is 3.15. The lowest BCUT2D eigenvalue weighted by Gasteiger charge is -2.04. The summed E-state index contributed by atoms with van der Waals surface area (Å²) in [5.74, 6) is -0.281. The van der Waals surface area contributed by atoms with E-state index in [1.165, 1.54) is 24.5 Å². The van der Waals surface area contributed by atoms with Crippen LogP contribution in [0.3, 0.4) is 0 Å². The van der Waals surface area contributed by atoms with Gasteiger partial charge in [-0.3, -0.25) is 9.59 Å². The molecule has 0 aliphatic rings. The van der Waals surface area contributed by atoms with Crippen LogP contribution in [0, 0.1) is 13.8 Å². The van der Waals surface area contributed by atoms with E-state index in [2.05, 4.69) is 15.4 Å². The summed E-state index contributed by atoms with van der Waals surface area (Å²) in [5, 5.41) is 5.16. The minimum absolute atomic E-state index is 0.116. The summed E-state index contributed by atoms with van der Waals surface area (Å²) < 4.78 is 10.0. The van der Waals surface area contributed by atoms with Crippen LogP contribution in [-0.4, -0.2) is 31.4 Å². The van der Waals surface area contributed by atoms with Crippen molar-refractivity contribution in [3.05, 3.63) is 45.0 Å². The van der Waals surface area contributed by atoms with Crippen LogP contribution in [0.2, 0.25) is 0 Å². The minimum atomic E-state index is -0.493. The van der Waals surface area contributed by atoms with Crippen LogP contribution >= 0.6 is 11.3 Å². The third-order valence-electron chi connectivity index (χ3n) is 3.21. The van der Waals surface area contributed by atoms with Crippen molar-refractivity contribution in [3.8, 4) is 0 Å². The number of nitrogens with one attached hydrogen (secondary N) is 2. The first kappa shape index (κ1) is 17.7. The van der Waals surface area contributed by atoms with Crippen LogP contribution < -0.4 is 10.6 Å². The molecule has 2 aromatic heterocycles. The maximum absolute atomic E-state index is 11.8. The summed E-state index contributed by atoms with van der Waals surface area (Å²) in [7, 11) is 1.29. The molecule has 0 saturated carbocycles. The molecule has 0 radical (unpaired) electrons. The fourth-order valence-corrected chi connectivity index (χ4v) is 2.78. The molecule has 0 aliphatic heterocycles. The molecule has 128 valence electrons. The van der Waals surface area contributed by atoms with Gasteiger partial charge < -0.3 is 19.8 Å². The molecule has 0 unspecified atom stereocenters. The number of rotatable bonds is 6. The topological polar surface area (TPSA) is 97.6 Å². The van der Waals surface area contributed by atoms with Gasteiger partial charge in [0.25, 0.3) is 5.91 Å². The SMILES string of the molecule is COC(=O)c1cc(CNC(=O)CNC(=O)c2ccc(C)s2)oc1C. The molecule has 2 amide bonds. The Balaban J connectivity index is 1.81. The van der Waals surface area contributed by atoms with Gasteiger partial charge in [-0.05, 0) is 32.0 Å². The number of furan rings is 1. The fourth-order valence-electron chi connectivity index (χ4n) is 2.00. The van der Waals surface area contributed by atoms with Crippen molar-refractivity contribution in [1.82, 2.24) is 10.6 Å². The standard InChI is InChI=1S/C16H18N2O5S/c1-9-4-5-13(24-9)15(20)18-8-14(19)17-7-11-6-12(10(2)23-11)16(21)22-3/h4-6H,7-8H2,1-3H3,(H,17,19)(H,18,20). The number of hydrogen-bond donors (Lipinski definition) is 2. The van der Waals surface area contributed by atoms with Crippen molar-refractivity contribution in [1.29, 1.82) is 0 Å². The first-order chi connectivity index (χ1) is 11.4. The Morgan fingerprint density at radius 2 is 1.96 bits per heavy atom. The third-order valence-corrected chi connectivity index (χ3v) is 4.21. The van der Waals surface area contributed by atoms with E-state index in [1.54, 1.807) is 13.0 Å². The molecule has 0 saturated heterocycles. The second-order valence-corrected chi connectivity index (χ2v) is 6.33. The first-order valence-corrected chi connectivity index (χ1v) is 8.01. The molecule has 2 rings (SSSR count). The Bertz CT molecular complexity index is 762. The predicted molar refractivity (Wildman–Crippen MR) is 88.0 cm³/mol. The van der Waals surface area contributed by atoms with E-state index in [1.807, 2.05) is 13.0 Å². The first-order valence-electron chi connectivity index (χ1n) is 7.19. The van der Waals surface area contributed by atoms with Crippen molar-refractivity contribution in [2.75, 3.05) is 13.7 Å². The number of carbonyl (C=O) groups excluding carboxylic acids is 3. The molecule has 2 N–H and O–H groups in total. The molecular formula is C16H18N2O5S. The monoisotopic (exact) mass is 350 g/mol. The van der Waals surface area contributed by atoms with Gasteiger partial charge in [-0.15, -0.1) is 11.3 Å². The molecule has 0 aliphatic carbocycles. The molecule has 2 aromatic rings. The second kappa shape index (κ2) is 7.78. The molecule has 7 nitrogen and oxygen atoms in total. The van der Waals surface area contributed by atoms with Gasteiger partial charge in [0.15, 0.2) is 0 Å². The van der Waals surface area contributed by atoms with Gasteiger partial charge in [0.2, 0.25) is 5.91 Å². The highest BCUT2D eigenvalue weighted by atomic mass is 32.1. The molecule has 0 bridgehead atoms. The van der Waals surface area contributed by atoms with Crippen LogP contribution in [0.4, 0.5) is 0 Å². The predicted octanol–water partition coefficient (Wildman–Crippen LogP) is 1.79. The Morgan fingerprint density at radius 3 is 2.58 bits per heavy atom. The van der Waals surface area contributed by atoms with Crippen LogP contribution in [0.1, 0.15) is 36.4 Å². The highest BCUT2D eigenvalue weighted by Crippen LogP contribution is 2.16. The van der Waals surface area contributed by atoms with E-state index in [0.29, 0.717) is 22.0 Å². The zero-order chi connectivity index (χ0) is 17.7. The normalized spacial score (nSPS) is 10.3. The lowest BCUT2D eigenvalue weighted by atomic mass is 10.2. The van der Waals surface area contributed by atoms with Gasteiger partial charge in [0, 0.05) is 4.88 Å². The molecule has 8 heteroatoms. The zero-order valence-corrected chi connectivity index (χ0v) is 14.4. The number of carbonyl (C=O) groups is 3. The Kier molecular flexibility index (Phi) is 5.75. The number of amides is 2. The number of hydrogen-bond acceptors (Lipinski definition) is 6. The van der Waals surface area contributed by atoms with Gasteiger partial charge in [-0.1, -0.05) is 0 Å². The van der Waals surface area contributed by atoms with Crippen molar-refractivity contribution in [3.63, 3.8) is 0 Å².